The average molecular weight is 525 g/mol. The molecule has 0 saturated heterocycles. The summed E-state index contributed by atoms with van der Waals surface area (Å²) in [4.78, 5) is 52.9. The minimum Gasteiger partial charge on any atom is -0.424 e. The van der Waals surface area contributed by atoms with Gasteiger partial charge < -0.3 is 18.9 Å². The Hall–Kier alpha value is -5.39. The fourth-order valence-electron chi connectivity index (χ4n) is 5.81. The van der Waals surface area contributed by atoms with Crippen molar-refractivity contribution < 1.29 is 51.8 Å². The molecule has 8 bridgehead atoms. The van der Waals surface area contributed by atoms with Crippen LogP contribution in [-0.2, 0) is 29.7 Å². The van der Waals surface area contributed by atoms with E-state index in [-0.39, 0.29) is 11.1 Å². The Bertz CT molecular complexity index is 1730. The summed E-state index contributed by atoms with van der Waals surface area (Å²) in [5.74, 6) is -3.60. The van der Waals surface area contributed by atoms with Crippen LogP contribution >= 0.6 is 0 Å². The summed E-state index contributed by atoms with van der Waals surface area (Å²) in [5, 5.41) is 0. The van der Waals surface area contributed by atoms with Gasteiger partial charge in [0.05, 0.1) is 28.8 Å². The van der Waals surface area contributed by atoms with Crippen LogP contribution in [-0.4, -0.2) is 48.9 Å². The Balaban J connectivity index is 1.46. The van der Waals surface area contributed by atoms with Gasteiger partial charge in [0.25, 0.3) is 11.4 Å². The summed E-state index contributed by atoms with van der Waals surface area (Å²) < 4.78 is 26.5. The van der Waals surface area contributed by atoms with Gasteiger partial charge in [-0.1, -0.05) is 0 Å². The number of ether oxygens (including phenoxy) is 4. The number of cyclic esters (lactones) is 4. The maximum atomic E-state index is 12.7. The minimum atomic E-state index is -1.11. The van der Waals surface area contributed by atoms with Crippen LogP contribution < -0.4 is 13.7 Å². The predicted molar refractivity (Wildman–Crippen MR) is 123 cm³/mol. The molecule has 12 heteroatoms. The molecule has 39 heavy (non-hydrogen) atoms. The van der Waals surface area contributed by atoms with Crippen LogP contribution in [0.1, 0.15) is 36.8 Å². The number of nitrogens with zero attached hydrogens (tertiary/aromatic N) is 4. The van der Waals surface area contributed by atoms with Gasteiger partial charge in [0.1, 0.15) is 5.70 Å². The lowest BCUT2D eigenvalue weighted by Crippen LogP contribution is -2.87. The smallest absolute Gasteiger partial charge is 0.424 e. The highest BCUT2D eigenvalue weighted by Gasteiger charge is 2.78. The number of carbonyl (C=O) groups excluding carboxylic acids is 4. The van der Waals surface area contributed by atoms with E-state index in [4.69, 9.17) is 18.9 Å². The van der Waals surface area contributed by atoms with Crippen molar-refractivity contribution in [1.29, 1.82) is 0 Å². The average Bonchev–Trinajstić information content (AvgIpc) is 3.41. The fourth-order valence-corrected chi connectivity index (χ4v) is 5.81. The van der Waals surface area contributed by atoms with E-state index in [0.717, 1.165) is 0 Å². The number of carbonyl (C=O) groups is 4. The Morgan fingerprint density at radius 3 is 1.64 bits per heavy atom. The predicted octanol–water partition coefficient (Wildman–Crippen LogP) is -0.254. The molecule has 0 radical (unpaired) electrons. The molecule has 12 nitrogen and oxygen atoms in total. The van der Waals surface area contributed by atoms with Crippen molar-refractivity contribution in [3.8, 4) is 11.4 Å². The number of hydrogen-bond acceptors (Lipinski definition) is 9. The van der Waals surface area contributed by atoms with Crippen molar-refractivity contribution in [2.45, 2.75) is 5.91 Å². The van der Waals surface area contributed by atoms with Gasteiger partial charge >= 0.3 is 29.8 Å². The second-order valence-corrected chi connectivity index (χ2v) is 9.37. The SMILES string of the molecule is O=C1OCOC(=O)c2cc[n+]3c(c2)C2=CC1=CCN2C31[n+]2ccc3cc2-c2cc(cc[n+]21)C(=O)OCOC3=O. The number of rotatable bonds is 0. The molecule has 5 aliphatic heterocycles. The molecule has 3 aromatic rings. The molecule has 8 rings (SSSR count). The summed E-state index contributed by atoms with van der Waals surface area (Å²) >= 11 is 0. The third kappa shape index (κ3) is 2.69. The monoisotopic (exact) mass is 525 g/mol. The van der Waals surface area contributed by atoms with Crippen molar-refractivity contribution in [1.82, 2.24) is 4.90 Å². The Morgan fingerprint density at radius 1 is 0.641 bits per heavy atom. The third-order valence-electron chi connectivity index (χ3n) is 7.50. The van der Waals surface area contributed by atoms with E-state index in [1.54, 1.807) is 67.1 Å². The van der Waals surface area contributed by atoms with Gasteiger partial charge in [-0.05, 0) is 25.9 Å². The van der Waals surface area contributed by atoms with Crippen LogP contribution in [0.4, 0.5) is 0 Å². The second-order valence-electron chi connectivity index (χ2n) is 9.37. The number of esters is 4. The minimum absolute atomic E-state index is 0.288. The first kappa shape index (κ1) is 21.7. The molecule has 0 atom stereocenters. The van der Waals surface area contributed by atoms with E-state index in [0.29, 0.717) is 40.5 Å². The zero-order valence-corrected chi connectivity index (χ0v) is 20.0. The van der Waals surface area contributed by atoms with E-state index >= 15 is 0 Å². The van der Waals surface area contributed by atoms with Crippen LogP contribution in [0.2, 0.25) is 0 Å². The van der Waals surface area contributed by atoms with Gasteiger partial charge in [-0.3, -0.25) is 0 Å². The van der Waals surface area contributed by atoms with Gasteiger partial charge in [-0.2, -0.15) is 4.90 Å². The maximum Gasteiger partial charge on any atom is 0.662 e. The highest BCUT2D eigenvalue weighted by Crippen LogP contribution is 2.38. The van der Waals surface area contributed by atoms with Gasteiger partial charge in [-0.25, -0.2) is 19.2 Å². The van der Waals surface area contributed by atoms with Crippen molar-refractivity contribution in [2.24, 2.45) is 0 Å². The molecule has 0 aromatic carbocycles. The Morgan fingerprint density at radius 2 is 1.10 bits per heavy atom. The molecule has 0 N–H and O–H groups in total. The molecule has 190 valence electrons. The molecule has 0 aliphatic carbocycles. The van der Waals surface area contributed by atoms with Gasteiger partial charge in [0, 0.05) is 36.4 Å². The molecular formula is C27H17N4O8+3. The Labute approximate surface area is 219 Å². The largest absolute Gasteiger partial charge is 0.662 e. The lowest BCUT2D eigenvalue weighted by Gasteiger charge is -2.23. The van der Waals surface area contributed by atoms with Gasteiger partial charge in [0.15, 0.2) is 18.6 Å². The van der Waals surface area contributed by atoms with Crippen LogP contribution in [0.25, 0.3) is 17.1 Å². The van der Waals surface area contributed by atoms with Crippen molar-refractivity contribution in [2.75, 3.05) is 20.1 Å². The molecule has 0 fully saturated rings. The first-order valence-corrected chi connectivity index (χ1v) is 12.0. The number of aromatic nitrogens is 3. The molecule has 8 heterocycles. The number of pyridine rings is 3. The summed E-state index contributed by atoms with van der Waals surface area (Å²) in [7, 11) is 0. The normalized spacial score (nSPS) is 19.4. The lowest BCUT2D eigenvalue weighted by molar-refractivity contribution is -1.17. The molecule has 0 saturated carbocycles. The van der Waals surface area contributed by atoms with E-state index < -0.39 is 43.4 Å². The molecule has 5 aliphatic rings. The first-order chi connectivity index (χ1) is 19.0. The van der Waals surface area contributed by atoms with E-state index in [1.807, 2.05) is 13.7 Å². The molecule has 1 spiro atoms. The molecule has 0 amide bonds. The highest BCUT2D eigenvalue weighted by atomic mass is 16.7. The summed E-state index contributed by atoms with van der Waals surface area (Å²) in [6, 6.07) is 10.0. The van der Waals surface area contributed by atoms with Crippen molar-refractivity contribution >= 4 is 29.6 Å². The number of fused-ring (bicyclic) bond motifs is 8. The van der Waals surface area contributed by atoms with Gasteiger partial charge in [-0.15, -0.1) is 0 Å². The molecule has 3 aromatic heterocycles. The van der Waals surface area contributed by atoms with E-state index in [1.165, 1.54) is 0 Å². The topological polar surface area (TPSA) is 120 Å². The number of hydrogen-bond donors (Lipinski definition) is 0. The van der Waals surface area contributed by atoms with Gasteiger partial charge in [0.2, 0.25) is 19.3 Å². The second kappa shape index (κ2) is 7.34. The zero-order valence-electron chi connectivity index (χ0n) is 20.0. The standard InChI is InChI=1S/C27H17N4O8/c32-23-15-1-5-28-19(9-15)20-10-16(24(33)37-13-36-23)2-6-29(20)27(28)30-7-3-17-11-21(30)22-12-18(4-8-31(22)27)26(35)39-14-38-25(17)34/h1-7,9-12H,8,13-14H2/q+3. The van der Waals surface area contributed by atoms with Crippen LogP contribution in [0.5, 0.6) is 0 Å². The first-order valence-electron chi connectivity index (χ1n) is 12.0. The third-order valence-corrected chi connectivity index (χ3v) is 7.50. The summed E-state index contributed by atoms with van der Waals surface area (Å²) in [6.45, 7) is -0.685. The quantitative estimate of drug-likeness (QED) is 0.289. The van der Waals surface area contributed by atoms with Crippen LogP contribution in [0.15, 0.2) is 72.7 Å². The highest BCUT2D eigenvalue weighted by molar-refractivity contribution is 5.96. The van der Waals surface area contributed by atoms with E-state index in [2.05, 4.69) is 4.90 Å². The van der Waals surface area contributed by atoms with Crippen LogP contribution in [0.3, 0.4) is 0 Å². The van der Waals surface area contributed by atoms with E-state index in [9.17, 15) is 19.2 Å². The maximum absolute atomic E-state index is 12.7. The van der Waals surface area contributed by atoms with Crippen molar-refractivity contribution in [3.63, 3.8) is 0 Å². The summed E-state index contributed by atoms with van der Waals surface area (Å²) in [5.41, 5.74) is 3.80. The van der Waals surface area contributed by atoms with Crippen LogP contribution in [0, 0.1) is 0 Å². The fraction of sp³-hybridized carbons (Fsp3) is 0.148. The Kier molecular flexibility index (Phi) is 4.08. The summed E-state index contributed by atoms with van der Waals surface area (Å²) in [6.07, 6.45) is 8.79. The molecule has 0 unspecified atom stereocenters. The molecular weight excluding hydrogens is 508 g/mol. The van der Waals surface area contributed by atoms with Crippen molar-refractivity contribution in [3.05, 3.63) is 95.1 Å². The lowest BCUT2D eigenvalue weighted by atomic mass is 10.1. The zero-order chi connectivity index (χ0) is 26.5.